The fourth-order valence-electron chi connectivity index (χ4n) is 2.94. The average molecular weight is 228 g/mol. The topological polar surface area (TPSA) is 23.6 Å². The molecular formula is C14H16N2O. The molecule has 88 valence electrons. The summed E-state index contributed by atoms with van der Waals surface area (Å²) in [5.41, 5.74) is 0.982. The highest BCUT2D eigenvalue weighted by Gasteiger charge is 2.47. The number of anilines is 1. The summed E-state index contributed by atoms with van der Waals surface area (Å²) in [6, 6.07) is 10.5. The molecule has 1 saturated heterocycles. The molecule has 0 spiro atoms. The van der Waals surface area contributed by atoms with Crippen LogP contribution in [0.25, 0.3) is 0 Å². The minimum absolute atomic E-state index is 0.0994. The van der Waals surface area contributed by atoms with E-state index >= 15 is 0 Å². The van der Waals surface area contributed by atoms with E-state index in [1.165, 1.54) is 0 Å². The highest BCUT2D eigenvalue weighted by Crippen LogP contribution is 2.36. The Hall–Kier alpha value is -1.77. The van der Waals surface area contributed by atoms with Gasteiger partial charge in [0.25, 0.3) is 0 Å². The number of fused-ring (bicyclic) bond motifs is 1. The van der Waals surface area contributed by atoms with Gasteiger partial charge in [-0.2, -0.15) is 0 Å². The van der Waals surface area contributed by atoms with Crippen molar-refractivity contribution in [2.45, 2.75) is 19.0 Å². The zero-order valence-corrected chi connectivity index (χ0v) is 10.1. The van der Waals surface area contributed by atoms with Crippen molar-refractivity contribution in [1.82, 2.24) is 4.90 Å². The van der Waals surface area contributed by atoms with Crippen LogP contribution in [0.1, 0.15) is 6.92 Å². The maximum Gasteiger partial charge on any atom is 0.325 e. The van der Waals surface area contributed by atoms with E-state index in [-0.39, 0.29) is 18.1 Å². The van der Waals surface area contributed by atoms with Gasteiger partial charge >= 0.3 is 6.03 Å². The van der Waals surface area contributed by atoms with Gasteiger partial charge in [-0.1, -0.05) is 37.3 Å². The van der Waals surface area contributed by atoms with Crippen molar-refractivity contribution in [3.8, 4) is 0 Å². The van der Waals surface area contributed by atoms with Crippen LogP contribution in [0, 0.1) is 5.92 Å². The van der Waals surface area contributed by atoms with E-state index in [0.29, 0.717) is 5.92 Å². The van der Waals surface area contributed by atoms with Gasteiger partial charge in [-0.05, 0) is 18.1 Å². The molecule has 1 aliphatic heterocycles. The smallest absolute Gasteiger partial charge is 0.321 e. The number of hydrogen-bond donors (Lipinski definition) is 0. The Morgan fingerprint density at radius 3 is 2.53 bits per heavy atom. The number of likely N-dealkylation sites (N-methyl/N-ethyl adjacent to an activating group) is 1. The standard InChI is InChI=1S/C14H16N2O/c1-10-8-9-12-13(10)15(2)14(17)16(12)11-6-4-3-5-7-11/h3-10,12-13H,1-2H3/t10-,12-,13?/m0/s1. The van der Waals surface area contributed by atoms with Gasteiger partial charge in [0.15, 0.2) is 0 Å². The summed E-state index contributed by atoms with van der Waals surface area (Å²) in [7, 11) is 1.90. The molecule has 1 fully saturated rings. The third kappa shape index (κ3) is 1.38. The zero-order chi connectivity index (χ0) is 12.0. The van der Waals surface area contributed by atoms with Crippen molar-refractivity contribution in [1.29, 1.82) is 0 Å². The molecule has 1 heterocycles. The minimum atomic E-state index is 0.0994. The lowest BCUT2D eigenvalue weighted by atomic mass is 10.0. The molecule has 2 aliphatic rings. The average Bonchev–Trinajstić information content (AvgIpc) is 2.82. The Bertz CT molecular complexity index is 468. The molecule has 1 aliphatic carbocycles. The SMILES string of the molecule is C[C@H]1C=C[C@H]2C1N(C)C(=O)N2c1ccccc1. The van der Waals surface area contributed by atoms with Crippen LogP contribution in [-0.4, -0.2) is 30.1 Å². The van der Waals surface area contributed by atoms with E-state index in [9.17, 15) is 4.79 Å². The lowest BCUT2D eigenvalue weighted by Crippen LogP contribution is -2.35. The van der Waals surface area contributed by atoms with E-state index in [1.54, 1.807) is 0 Å². The minimum Gasteiger partial charge on any atom is -0.321 e. The third-order valence-electron chi connectivity index (χ3n) is 3.79. The molecule has 1 unspecified atom stereocenters. The molecule has 3 heteroatoms. The van der Waals surface area contributed by atoms with Crippen molar-refractivity contribution in [3.05, 3.63) is 42.5 Å². The van der Waals surface area contributed by atoms with Gasteiger partial charge in [0.1, 0.15) is 0 Å². The van der Waals surface area contributed by atoms with E-state index in [4.69, 9.17) is 0 Å². The number of amides is 2. The zero-order valence-electron chi connectivity index (χ0n) is 10.1. The maximum absolute atomic E-state index is 12.3. The van der Waals surface area contributed by atoms with Gasteiger partial charge in [-0.15, -0.1) is 0 Å². The number of nitrogens with zero attached hydrogens (tertiary/aromatic N) is 2. The van der Waals surface area contributed by atoms with Crippen LogP contribution in [0.15, 0.2) is 42.5 Å². The number of urea groups is 1. The summed E-state index contributed by atoms with van der Waals surface area (Å²) in [6.45, 7) is 2.17. The lowest BCUT2D eigenvalue weighted by molar-refractivity contribution is 0.211. The quantitative estimate of drug-likeness (QED) is 0.677. The number of para-hydroxylation sites is 1. The van der Waals surface area contributed by atoms with Gasteiger partial charge in [-0.3, -0.25) is 4.90 Å². The predicted molar refractivity (Wildman–Crippen MR) is 68.0 cm³/mol. The molecule has 3 nitrogen and oxygen atoms in total. The second-order valence-corrected chi connectivity index (χ2v) is 4.82. The molecule has 0 radical (unpaired) electrons. The molecular weight excluding hydrogens is 212 g/mol. The summed E-state index contributed by atoms with van der Waals surface area (Å²) >= 11 is 0. The van der Waals surface area contributed by atoms with Crippen LogP contribution < -0.4 is 4.90 Å². The number of hydrogen-bond acceptors (Lipinski definition) is 1. The second kappa shape index (κ2) is 3.62. The fraction of sp³-hybridized carbons (Fsp3) is 0.357. The summed E-state index contributed by atoms with van der Waals surface area (Å²) in [5, 5.41) is 0. The normalized spacial score (nSPS) is 31.2. The first-order valence-corrected chi connectivity index (χ1v) is 5.99. The Balaban J connectivity index is 2.01. The van der Waals surface area contributed by atoms with Crippen LogP contribution in [0.2, 0.25) is 0 Å². The van der Waals surface area contributed by atoms with Gasteiger partial charge in [0.2, 0.25) is 0 Å². The Labute approximate surface area is 101 Å². The summed E-state index contributed by atoms with van der Waals surface area (Å²) in [6.07, 6.45) is 4.36. The highest BCUT2D eigenvalue weighted by atomic mass is 16.2. The van der Waals surface area contributed by atoms with Crippen molar-refractivity contribution in [3.63, 3.8) is 0 Å². The third-order valence-corrected chi connectivity index (χ3v) is 3.79. The van der Waals surface area contributed by atoms with E-state index in [2.05, 4.69) is 19.1 Å². The highest BCUT2D eigenvalue weighted by molar-refractivity contribution is 5.96. The van der Waals surface area contributed by atoms with Crippen LogP contribution in [-0.2, 0) is 0 Å². The first-order valence-electron chi connectivity index (χ1n) is 5.99. The van der Waals surface area contributed by atoms with E-state index in [1.807, 2.05) is 47.2 Å². The molecule has 0 saturated carbocycles. The number of carbonyl (C=O) groups excluding carboxylic acids is 1. The van der Waals surface area contributed by atoms with Crippen LogP contribution in [0.3, 0.4) is 0 Å². The predicted octanol–water partition coefficient (Wildman–Crippen LogP) is 2.50. The van der Waals surface area contributed by atoms with Gasteiger partial charge in [0, 0.05) is 12.7 Å². The first kappa shape index (κ1) is 10.4. The van der Waals surface area contributed by atoms with E-state index in [0.717, 1.165) is 5.69 Å². The number of carbonyl (C=O) groups is 1. The molecule has 0 N–H and O–H groups in total. The largest absolute Gasteiger partial charge is 0.325 e. The number of benzene rings is 1. The van der Waals surface area contributed by atoms with Gasteiger partial charge < -0.3 is 4.90 Å². The summed E-state index contributed by atoms with van der Waals surface area (Å²) in [5.74, 6) is 0.433. The fourth-order valence-corrected chi connectivity index (χ4v) is 2.94. The van der Waals surface area contributed by atoms with Crippen LogP contribution >= 0.6 is 0 Å². The van der Waals surface area contributed by atoms with Crippen LogP contribution in [0.4, 0.5) is 10.5 Å². The monoisotopic (exact) mass is 228 g/mol. The maximum atomic E-state index is 12.3. The van der Waals surface area contributed by atoms with Crippen LogP contribution in [0.5, 0.6) is 0 Å². The number of rotatable bonds is 1. The summed E-state index contributed by atoms with van der Waals surface area (Å²) < 4.78 is 0. The Morgan fingerprint density at radius 2 is 1.82 bits per heavy atom. The molecule has 3 atom stereocenters. The van der Waals surface area contributed by atoms with Crippen molar-refractivity contribution < 1.29 is 4.79 Å². The van der Waals surface area contributed by atoms with Crippen molar-refractivity contribution in [2.75, 3.05) is 11.9 Å². The van der Waals surface area contributed by atoms with Crippen molar-refractivity contribution >= 4 is 11.7 Å². The lowest BCUT2D eigenvalue weighted by Gasteiger charge is -2.22. The van der Waals surface area contributed by atoms with Gasteiger partial charge in [-0.25, -0.2) is 4.79 Å². The van der Waals surface area contributed by atoms with Crippen molar-refractivity contribution in [2.24, 2.45) is 5.92 Å². The Kier molecular flexibility index (Phi) is 2.21. The summed E-state index contributed by atoms with van der Waals surface area (Å²) in [4.78, 5) is 16.0. The molecule has 3 rings (SSSR count). The molecule has 2 amide bonds. The van der Waals surface area contributed by atoms with Gasteiger partial charge in [0.05, 0.1) is 12.1 Å². The molecule has 1 aromatic rings. The molecule has 0 bridgehead atoms. The molecule has 0 aromatic heterocycles. The molecule has 17 heavy (non-hydrogen) atoms. The van der Waals surface area contributed by atoms with E-state index < -0.39 is 0 Å². The Morgan fingerprint density at radius 1 is 1.12 bits per heavy atom. The first-order chi connectivity index (χ1) is 8.20. The second-order valence-electron chi connectivity index (χ2n) is 4.82. The molecule has 1 aromatic carbocycles.